The van der Waals surface area contributed by atoms with Crippen LogP contribution in [0.4, 0.5) is 0 Å². The number of nitrogens with one attached hydrogen (secondary N) is 1. The number of imidazole rings is 1. The van der Waals surface area contributed by atoms with Gasteiger partial charge in [0.25, 0.3) is 0 Å². The molecule has 0 saturated carbocycles. The Morgan fingerprint density at radius 2 is 2.21 bits per heavy atom. The summed E-state index contributed by atoms with van der Waals surface area (Å²) < 4.78 is 7.87. The quantitative estimate of drug-likeness (QED) is 0.914. The highest BCUT2D eigenvalue weighted by Crippen LogP contribution is 2.26. The van der Waals surface area contributed by atoms with Crippen molar-refractivity contribution >= 4 is 5.91 Å². The standard InChI is InChI=1S/C18H26N4O2/c1-12(2)19-17(23)9-15-10-22-8-7-21(14(4)18(22)20-15)11-16-6-5-13(3)24-16/h5-6,10,12,14H,7-9,11H2,1-4H3,(H,19,23)/t14-/m1/s1. The summed E-state index contributed by atoms with van der Waals surface area (Å²) in [4.78, 5) is 19.0. The minimum atomic E-state index is 0.0241. The van der Waals surface area contributed by atoms with E-state index in [1.807, 2.05) is 39.1 Å². The number of nitrogens with zero attached hydrogens (tertiary/aromatic N) is 3. The summed E-state index contributed by atoms with van der Waals surface area (Å²) >= 11 is 0. The molecular weight excluding hydrogens is 304 g/mol. The maximum atomic E-state index is 11.9. The number of furan rings is 1. The van der Waals surface area contributed by atoms with Crippen molar-refractivity contribution < 1.29 is 9.21 Å². The summed E-state index contributed by atoms with van der Waals surface area (Å²) in [5, 5.41) is 2.92. The van der Waals surface area contributed by atoms with E-state index in [9.17, 15) is 4.79 Å². The first-order chi connectivity index (χ1) is 11.4. The summed E-state index contributed by atoms with van der Waals surface area (Å²) in [5.41, 5.74) is 0.839. The Bertz CT molecular complexity index is 716. The molecule has 1 atom stereocenters. The molecule has 2 aromatic rings. The number of rotatable bonds is 5. The zero-order chi connectivity index (χ0) is 17.3. The smallest absolute Gasteiger partial charge is 0.226 e. The van der Waals surface area contributed by atoms with Crippen LogP contribution >= 0.6 is 0 Å². The van der Waals surface area contributed by atoms with E-state index in [2.05, 4.69) is 21.7 Å². The van der Waals surface area contributed by atoms with Crippen molar-refractivity contribution in [3.63, 3.8) is 0 Å². The van der Waals surface area contributed by atoms with Gasteiger partial charge < -0.3 is 14.3 Å². The number of carbonyl (C=O) groups excluding carboxylic acids is 1. The predicted molar refractivity (Wildman–Crippen MR) is 91.5 cm³/mol. The third kappa shape index (κ3) is 3.70. The number of aryl methyl sites for hydroxylation is 1. The van der Waals surface area contributed by atoms with Gasteiger partial charge >= 0.3 is 0 Å². The molecule has 0 unspecified atom stereocenters. The third-order valence-electron chi connectivity index (χ3n) is 4.35. The third-order valence-corrected chi connectivity index (χ3v) is 4.35. The molecule has 130 valence electrons. The fourth-order valence-corrected chi connectivity index (χ4v) is 3.20. The fraction of sp³-hybridized carbons (Fsp3) is 0.556. The Hall–Kier alpha value is -2.08. The van der Waals surface area contributed by atoms with E-state index < -0.39 is 0 Å². The van der Waals surface area contributed by atoms with Crippen LogP contribution in [0.2, 0.25) is 0 Å². The second-order valence-electron chi connectivity index (χ2n) is 6.84. The monoisotopic (exact) mass is 330 g/mol. The van der Waals surface area contributed by atoms with E-state index in [4.69, 9.17) is 9.40 Å². The number of amides is 1. The van der Waals surface area contributed by atoms with Crippen LogP contribution in [0.15, 0.2) is 22.7 Å². The summed E-state index contributed by atoms with van der Waals surface area (Å²) in [5.74, 6) is 2.97. The fourth-order valence-electron chi connectivity index (χ4n) is 3.20. The lowest BCUT2D eigenvalue weighted by Gasteiger charge is -2.33. The number of fused-ring (bicyclic) bond motifs is 1. The Kier molecular flexibility index (Phi) is 4.76. The topological polar surface area (TPSA) is 63.3 Å². The minimum Gasteiger partial charge on any atom is -0.465 e. The maximum absolute atomic E-state index is 11.9. The molecule has 1 aliphatic rings. The van der Waals surface area contributed by atoms with Gasteiger partial charge in [0.05, 0.1) is 24.7 Å². The lowest BCUT2D eigenvalue weighted by molar-refractivity contribution is -0.120. The van der Waals surface area contributed by atoms with Crippen LogP contribution in [0.1, 0.15) is 49.9 Å². The molecule has 3 heterocycles. The highest BCUT2D eigenvalue weighted by molar-refractivity contribution is 5.78. The number of hydrogen-bond acceptors (Lipinski definition) is 4. The van der Waals surface area contributed by atoms with Crippen molar-refractivity contribution in [3.8, 4) is 0 Å². The summed E-state index contributed by atoms with van der Waals surface area (Å²) in [7, 11) is 0. The van der Waals surface area contributed by atoms with Gasteiger partial charge in [0, 0.05) is 25.3 Å². The van der Waals surface area contributed by atoms with Crippen LogP contribution < -0.4 is 5.32 Å². The van der Waals surface area contributed by atoms with Gasteiger partial charge in [-0.05, 0) is 39.8 Å². The van der Waals surface area contributed by atoms with E-state index in [1.165, 1.54) is 0 Å². The van der Waals surface area contributed by atoms with Gasteiger partial charge in [-0.25, -0.2) is 4.98 Å². The Morgan fingerprint density at radius 3 is 2.88 bits per heavy atom. The van der Waals surface area contributed by atoms with Crippen molar-refractivity contribution in [1.29, 1.82) is 0 Å². The van der Waals surface area contributed by atoms with Gasteiger partial charge in [0.2, 0.25) is 5.91 Å². The van der Waals surface area contributed by atoms with Crippen molar-refractivity contribution in [2.75, 3.05) is 6.54 Å². The highest BCUT2D eigenvalue weighted by atomic mass is 16.3. The van der Waals surface area contributed by atoms with Crippen molar-refractivity contribution in [1.82, 2.24) is 19.8 Å². The van der Waals surface area contributed by atoms with Gasteiger partial charge in [0.15, 0.2) is 0 Å². The number of carbonyl (C=O) groups is 1. The average molecular weight is 330 g/mol. The Labute approximate surface area is 142 Å². The van der Waals surface area contributed by atoms with Gasteiger partial charge in [0.1, 0.15) is 17.3 Å². The normalized spacial score (nSPS) is 18.0. The lowest BCUT2D eigenvalue weighted by Crippen LogP contribution is -2.36. The van der Waals surface area contributed by atoms with Gasteiger partial charge in [-0.3, -0.25) is 9.69 Å². The van der Waals surface area contributed by atoms with Crippen LogP contribution in [0.3, 0.4) is 0 Å². The van der Waals surface area contributed by atoms with E-state index in [-0.39, 0.29) is 18.0 Å². The molecule has 0 fully saturated rings. The van der Waals surface area contributed by atoms with Crippen molar-refractivity contribution in [2.24, 2.45) is 0 Å². The Balaban J connectivity index is 1.68. The van der Waals surface area contributed by atoms with Crippen molar-refractivity contribution in [3.05, 3.63) is 41.4 Å². The molecule has 0 aliphatic carbocycles. The number of aromatic nitrogens is 2. The number of hydrogen-bond donors (Lipinski definition) is 1. The predicted octanol–water partition coefficient (Wildman–Crippen LogP) is 2.43. The van der Waals surface area contributed by atoms with Crippen LogP contribution in [0, 0.1) is 6.92 Å². The van der Waals surface area contributed by atoms with Crippen LogP contribution in [0.25, 0.3) is 0 Å². The Morgan fingerprint density at radius 1 is 1.42 bits per heavy atom. The molecule has 1 N–H and O–H groups in total. The first-order valence-corrected chi connectivity index (χ1v) is 8.57. The highest BCUT2D eigenvalue weighted by Gasteiger charge is 2.27. The van der Waals surface area contributed by atoms with Crippen LogP contribution in [-0.2, 0) is 24.3 Å². The molecule has 0 bridgehead atoms. The molecule has 0 aromatic carbocycles. The summed E-state index contributed by atoms with van der Waals surface area (Å²) in [6.45, 7) is 10.7. The molecule has 6 heteroatoms. The molecule has 0 spiro atoms. The minimum absolute atomic E-state index is 0.0241. The van der Waals surface area contributed by atoms with Gasteiger partial charge in [-0.2, -0.15) is 0 Å². The molecule has 0 radical (unpaired) electrons. The SMILES string of the molecule is Cc1ccc(CN2CCn3cc(CC(=O)NC(C)C)nc3[C@H]2C)o1. The molecule has 2 aromatic heterocycles. The largest absolute Gasteiger partial charge is 0.465 e. The maximum Gasteiger partial charge on any atom is 0.226 e. The molecule has 1 amide bonds. The molecule has 6 nitrogen and oxygen atoms in total. The van der Waals surface area contributed by atoms with E-state index in [1.54, 1.807) is 0 Å². The summed E-state index contributed by atoms with van der Waals surface area (Å²) in [6.07, 6.45) is 2.35. The van der Waals surface area contributed by atoms with Gasteiger partial charge in [-0.15, -0.1) is 0 Å². The van der Waals surface area contributed by atoms with Gasteiger partial charge in [-0.1, -0.05) is 0 Å². The molecular formula is C18H26N4O2. The molecule has 3 rings (SSSR count). The second-order valence-corrected chi connectivity index (χ2v) is 6.84. The van der Waals surface area contributed by atoms with Crippen LogP contribution in [-0.4, -0.2) is 32.9 Å². The molecule has 0 saturated heterocycles. The molecule has 1 aliphatic heterocycles. The molecule has 24 heavy (non-hydrogen) atoms. The van der Waals surface area contributed by atoms with E-state index >= 15 is 0 Å². The summed E-state index contributed by atoms with van der Waals surface area (Å²) in [6, 6.07) is 4.38. The first-order valence-electron chi connectivity index (χ1n) is 8.57. The zero-order valence-corrected chi connectivity index (χ0v) is 14.9. The second kappa shape index (κ2) is 6.81. The first kappa shape index (κ1) is 16.8. The van der Waals surface area contributed by atoms with Crippen LogP contribution in [0.5, 0.6) is 0 Å². The van der Waals surface area contributed by atoms with E-state index in [0.29, 0.717) is 6.42 Å². The average Bonchev–Trinajstić information content (AvgIpc) is 3.07. The van der Waals surface area contributed by atoms with Crippen molar-refractivity contribution in [2.45, 2.75) is 59.3 Å². The lowest BCUT2D eigenvalue weighted by atomic mass is 10.2. The zero-order valence-electron chi connectivity index (χ0n) is 14.9. The van der Waals surface area contributed by atoms with E-state index in [0.717, 1.165) is 42.7 Å².